The van der Waals surface area contributed by atoms with E-state index in [4.69, 9.17) is 44.1 Å². The Morgan fingerprint density at radius 2 is 1.24 bits per heavy atom. The number of aromatic nitrogens is 4. The number of aliphatic hydroxyl groups excluding tert-OH is 2. The fourth-order valence-corrected chi connectivity index (χ4v) is 5.64. The summed E-state index contributed by atoms with van der Waals surface area (Å²) in [5.74, 6) is 4.31. The molecule has 0 saturated heterocycles. The molecule has 12 nitrogen and oxygen atoms in total. The SMILES string of the molecule is Nc1ncc(Oc2ccc(Cl)cc2)c(NCC2CCC(O)C2)n1.Nc1ncc(Oc2ccc(Cl)cc2)c(NCC2CCCC2O)n1. The summed E-state index contributed by atoms with van der Waals surface area (Å²) in [7, 11) is 0. The van der Waals surface area contributed by atoms with Crippen LogP contribution in [0.2, 0.25) is 10.0 Å². The van der Waals surface area contributed by atoms with Crippen LogP contribution < -0.4 is 31.6 Å². The first kappa shape index (κ1) is 33.3. The summed E-state index contributed by atoms with van der Waals surface area (Å²) in [6.45, 7) is 1.33. The van der Waals surface area contributed by atoms with Gasteiger partial charge in [0.05, 0.1) is 24.6 Å². The second-order valence-corrected chi connectivity index (χ2v) is 12.2. The minimum Gasteiger partial charge on any atom is -0.452 e. The van der Waals surface area contributed by atoms with Crippen LogP contribution in [-0.4, -0.2) is 55.4 Å². The zero-order valence-corrected chi connectivity index (χ0v) is 26.7. The molecule has 2 fully saturated rings. The minimum atomic E-state index is -0.262. The molecule has 4 unspecified atom stereocenters. The topological polar surface area (TPSA) is 187 Å². The van der Waals surface area contributed by atoms with Crippen molar-refractivity contribution in [2.24, 2.45) is 11.8 Å². The molecule has 46 heavy (non-hydrogen) atoms. The predicted molar refractivity (Wildman–Crippen MR) is 180 cm³/mol. The van der Waals surface area contributed by atoms with Gasteiger partial charge >= 0.3 is 0 Å². The molecule has 2 aliphatic rings. The van der Waals surface area contributed by atoms with Gasteiger partial charge in [0.15, 0.2) is 23.1 Å². The summed E-state index contributed by atoms with van der Waals surface area (Å²) < 4.78 is 11.6. The Morgan fingerprint density at radius 3 is 1.70 bits per heavy atom. The van der Waals surface area contributed by atoms with E-state index in [1.807, 2.05) is 0 Å². The molecule has 4 aromatic rings. The zero-order chi connectivity index (χ0) is 32.5. The van der Waals surface area contributed by atoms with E-state index in [-0.39, 0.29) is 30.0 Å². The standard InChI is InChI=1S/2C16H19ClN4O2/c17-11-2-5-13(6-3-11)23-14-9-20-16(18)21-15(14)19-8-10-1-4-12(22)7-10;17-11-4-6-12(7-5-11)23-14-9-20-16(18)21-15(14)19-8-10-2-1-3-13(10)22/h2-3,5-6,9-10,12,22H,1,4,7-8H2,(H3,18,19,20,21);4-7,9-10,13,22H,1-3,8H2,(H3,18,19,20,21). The molecule has 8 N–H and O–H groups in total. The smallest absolute Gasteiger partial charge is 0.222 e. The van der Waals surface area contributed by atoms with E-state index >= 15 is 0 Å². The van der Waals surface area contributed by atoms with Crippen LogP contribution in [0.25, 0.3) is 0 Å². The Labute approximate surface area is 277 Å². The van der Waals surface area contributed by atoms with E-state index in [1.165, 1.54) is 6.20 Å². The molecule has 2 aromatic carbocycles. The van der Waals surface area contributed by atoms with Crippen molar-refractivity contribution in [1.82, 2.24) is 19.9 Å². The van der Waals surface area contributed by atoms with Crippen molar-refractivity contribution in [3.8, 4) is 23.0 Å². The maximum atomic E-state index is 9.91. The lowest BCUT2D eigenvalue weighted by atomic mass is 10.1. The average molecular weight is 670 g/mol. The van der Waals surface area contributed by atoms with Crippen molar-refractivity contribution < 1.29 is 19.7 Å². The molecule has 0 aliphatic heterocycles. The molecule has 6 rings (SSSR count). The number of halogens is 2. The molecular weight excluding hydrogens is 631 g/mol. The lowest BCUT2D eigenvalue weighted by Crippen LogP contribution is -2.22. The number of hydrogen-bond donors (Lipinski definition) is 6. The number of ether oxygens (including phenoxy) is 2. The highest BCUT2D eigenvalue weighted by Gasteiger charge is 2.25. The van der Waals surface area contributed by atoms with Gasteiger partial charge in [-0.15, -0.1) is 0 Å². The Kier molecular flexibility index (Phi) is 11.5. The first-order valence-electron chi connectivity index (χ1n) is 15.2. The molecule has 14 heteroatoms. The Morgan fingerprint density at radius 1 is 0.717 bits per heavy atom. The lowest BCUT2D eigenvalue weighted by Gasteiger charge is -2.17. The van der Waals surface area contributed by atoms with Gasteiger partial charge in [-0.05, 0) is 86.6 Å². The molecule has 2 saturated carbocycles. The fraction of sp³-hybridized carbons (Fsp3) is 0.375. The number of nitrogens with zero attached hydrogens (tertiary/aromatic N) is 4. The fourth-order valence-electron chi connectivity index (χ4n) is 5.39. The van der Waals surface area contributed by atoms with Gasteiger partial charge in [-0.25, -0.2) is 9.97 Å². The Hall–Kier alpha value is -4.10. The zero-order valence-electron chi connectivity index (χ0n) is 25.2. The van der Waals surface area contributed by atoms with Crippen LogP contribution in [0, 0.1) is 11.8 Å². The Balaban J connectivity index is 0.000000181. The molecule has 4 atom stereocenters. The van der Waals surface area contributed by atoms with Gasteiger partial charge in [0.1, 0.15) is 11.5 Å². The predicted octanol–water partition coefficient (Wildman–Crippen LogP) is 6.15. The second-order valence-electron chi connectivity index (χ2n) is 11.3. The highest BCUT2D eigenvalue weighted by molar-refractivity contribution is 6.30. The van der Waals surface area contributed by atoms with Crippen molar-refractivity contribution in [1.29, 1.82) is 0 Å². The van der Waals surface area contributed by atoms with Crippen molar-refractivity contribution in [2.45, 2.75) is 50.7 Å². The third kappa shape index (κ3) is 9.70. The summed E-state index contributed by atoms with van der Waals surface area (Å²) in [6.07, 6.45) is 8.19. The van der Waals surface area contributed by atoms with E-state index < -0.39 is 0 Å². The van der Waals surface area contributed by atoms with E-state index in [9.17, 15) is 10.2 Å². The highest BCUT2D eigenvalue weighted by Crippen LogP contribution is 2.32. The molecular formula is C32H38Cl2N8O4. The van der Waals surface area contributed by atoms with Gasteiger partial charge in [-0.2, -0.15) is 9.97 Å². The number of hydrogen-bond acceptors (Lipinski definition) is 12. The molecule has 0 bridgehead atoms. The number of anilines is 4. The van der Waals surface area contributed by atoms with E-state index in [1.54, 1.807) is 54.7 Å². The third-order valence-corrected chi connectivity index (χ3v) is 8.36. The first-order valence-corrected chi connectivity index (χ1v) is 15.9. The van der Waals surface area contributed by atoms with Crippen molar-refractivity contribution >= 4 is 46.7 Å². The largest absolute Gasteiger partial charge is 0.452 e. The van der Waals surface area contributed by atoms with Gasteiger partial charge in [0.25, 0.3) is 0 Å². The average Bonchev–Trinajstić information content (AvgIpc) is 3.66. The lowest BCUT2D eigenvalue weighted by molar-refractivity contribution is 0.138. The number of nitrogens with two attached hydrogens (primary N) is 2. The van der Waals surface area contributed by atoms with Gasteiger partial charge in [-0.3, -0.25) is 0 Å². The molecule has 2 heterocycles. The number of rotatable bonds is 10. The van der Waals surface area contributed by atoms with Crippen LogP contribution in [-0.2, 0) is 0 Å². The number of nitrogens with one attached hydrogen (secondary N) is 2. The monoisotopic (exact) mass is 668 g/mol. The number of nitrogen functional groups attached to an aromatic ring is 2. The van der Waals surface area contributed by atoms with Crippen LogP contribution >= 0.6 is 23.2 Å². The molecule has 0 radical (unpaired) electrons. The molecule has 2 aliphatic carbocycles. The van der Waals surface area contributed by atoms with Crippen LogP contribution in [0.1, 0.15) is 38.5 Å². The maximum absolute atomic E-state index is 9.91. The second kappa shape index (κ2) is 15.9. The van der Waals surface area contributed by atoms with Crippen LogP contribution in [0.4, 0.5) is 23.5 Å². The van der Waals surface area contributed by atoms with Crippen molar-refractivity contribution in [2.75, 3.05) is 35.2 Å². The van der Waals surface area contributed by atoms with E-state index in [0.717, 1.165) is 38.5 Å². The van der Waals surface area contributed by atoms with Crippen molar-refractivity contribution in [3.63, 3.8) is 0 Å². The first-order chi connectivity index (χ1) is 22.2. The van der Waals surface area contributed by atoms with Gasteiger partial charge < -0.3 is 41.8 Å². The molecule has 244 valence electrons. The maximum Gasteiger partial charge on any atom is 0.222 e. The molecule has 0 spiro atoms. The minimum absolute atomic E-state index is 0.169. The molecule has 0 amide bonds. The van der Waals surface area contributed by atoms with Gasteiger partial charge in [0, 0.05) is 29.1 Å². The van der Waals surface area contributed by atoms with Crippen molar-refractivity contribution in [3.05, 3.63) is 71.0 Å². The normalized spacial score (nSPS) is 20.4. The summed E-state index contributed by atoms with van der Waals surface area (Å²) in [6, 6.07) is 14.1. The van der Waals surface area contributed by atoms with Gasteiger partial charge in [0.2, 0.25) is 11.9 Å². The summed E-state index contributed by atoms with van der Waals surface area (Å²) >= 11 is 11.7. The van der Waals surface area contributed by atoms with Crippen LogP contribution in [0.15, 0.2) is 60.9 Å². The van der Waals surface area contributed by atoms with E-state index in [2.05, 4.69) is 30.6 Å². The summed E-state index contributed by atoms with van der Waals surface area (Å²) in [4.78, 5) is 16.4. The number of benzene rings is 2. The third-order valence-electron chi connectivity index (χ3n) is 7.85. The van der Waals surface area contributed by atoms with Gasteiger partial charge in [-0.1, -0.05) is 29.6 Å². The van der Waals surface area contributed by atoms with Crippen LogP contribution in [0.3, 0.4) is 0 Å². The summed E-state index contributed by atoms with van der Waals surface area (Å²) in [5, 5.41) is 27.3. The number of aliphatic hydroxyl groups is 2. The van der Waals surface area contributed by atoms with E-state index in [0.29, 0.717) is 63.7 Å². The molecule has 2 aromatic heterocycles. The Bertz CT molecular complexity index is 1570. The quantitative estimate of drug-likeness (QED) is 0.113. The summed E-state index contributed by atoms with van der Waals surface area (Å²) in [5.41, 5.74) is 11.3. The highest BCUT2D eigenvalue weighted by atomic mass is 35.5. The van der Waals surface area contributed by atoms with Crippen LogP contribution in [0.5, 0.6) is 23.0 Å².